The molecular weight excluding hydrogens is 438 g/mol. The zero-order chi connectivity index (χ0) is 20.2. The molecule has 2 aliphatic heterocycles. The van der Waals surface area contributed by atoms with E-state index >= 15 is 0 Å². The van der Waals surface area contributed by atoms with Gasteiger partial charge in [0.2, 0.25) is 5.91 Å². The van der Waals surface area contributed by atoms with Gasteiger partial charge in [-0.3, -0.25) is 9.59 Å². The summed E-state index contributed by atoms with van der Waals surface area (Å²) in [5.74, 6) is 0.387. The van der Waals surface area contributed by atoms with E-state index in [1.807, 2.05) is 53.4 Å². The fraction of sp³-hybridized carbons (Fsp3) is 0.333. The third-order valence-corrected chi connectivity index (χ3v) is 5.40. The van der Waals surface area contributed by atoms with E-state index in [0.717, 1.165) is 10.2 Å². The van der Waals surface area contributed by atoms with Gasteiger partial charge in [0, 0.05) is 23.2 Å². The minimum Gasteiger partial charge on any atom is -0.477 e. The topological polar surface area (TPSA) is 71.1 Å². The first-order valence-corrected chi connectivity index (χ1v) is 10.3. The van der Waals surface area contributed by atoms with Gasteiger partial charge >= 0.3 is 0 Å². The highest BCUT2D eigenvalue weighted by Crippen LogP contribution is 2.33. The molecule has 0 aliphatic carbocycles. The Morgan fingerprint density at radius 3 is 2.69 bits per heavy atom. The molecule has 1 atom stereocenters. The van der Waals surface area contributed by atoms with Gasteiger partial charge < -0.3 is 24.6 Å². The fourth-order valence-electron chi connectivity index (χ4n) is 3.51. The zero-order valence-electron chi connectivity index (χ0n) is 15.8. The van der Waals surface area contributed by atoms with Crippen LogP contribution >= 0.6 is 15.9 Å². The number of para-hydroxylation sites is 2. The second-order valence-corrected chi connectivity index (χ2v) is 7.87. The van der Waals surface area contributed by atoms with Crippen molar-refractivity contribution in [1.29, 1.82) is 0 Å². The second kappa shape index (κ2) is 8.84. The van der Waals surface area contributed by atoms with Crippen molar-refractivity contribution in [2.24, 2.45) is 0 Å². The van der Waals surface area contributed by atoms with Gasteiger partial charge in [-0.25, -0.2) is 0 Å². The van der Waals surface area contributed by atoms with Crippen molar-refractivity contribution in [3.8, 4) is 5.75 Å². The molecular formula is C21H22BrN3O4. The highest BCUT2D eigenvalue weighted by Gasteiger charge is 2.34. The molecule has 8 heteroatoms. The summed E-state index contributed by atoms with van der Waals surface area (Å²) in [6, 6.07) is 14.9. The van der Waals surface area contributed by atoms with Crippen molar-refractivity contribution in [3.05, 3.63) is 53.0 Å². The van der Waals surface area contributed by atoms with Gasteiger partial charge in [-0.2, -0.15) is 0 Å². The SMILES string of the molecule is O=C(CN1CC(C(=O)N2CCOCC2)Oc2ccccc21)Nc1cccc(Br)c1. The molecule has 1 N–H and O–H groups in total. The number of nitrogens with zero attached hydrogens (tertiary/aromatic N) is 2. The maximum Gasteiger partial charge on any atom is 0.265 e. The van der Waals surface area contributed by atoms with Crippen LogP contribution in [0.1, 0.15) is 0 Å². The summed E-state index contributed by atoms with van der Waals surface area (Å²) in [4.78, 5) is 29.3. The fourth-order valence-corrected chi connectivity index (χ4v) is 3.91. The number of benzene rings is 2. The van der Waals surface area contributed by atoms with Crippen molar-refractivity contribution in [2.45, 2.75) is 6.10 Å². The molecule has 2 aromatic carbocycles. The molecule has 0 bridgehead atoms. The lowest BCUT2D eigenvalue weighted by Gasteiger charge is -2.38. The molecule has 2 amide bonds. The van der Waals surface area contributed by atoms with E-state index in [-0.39, 0.29) is 18.4 Å². The molecule has 152 valence electrons. The van der Waals surface area contributed by atoms with E-state index in [1.54, 1.807) is 4.90 Å². The lowest BCUT2D eigenvalue weighted by molar-refractivity contribution is -0.142. The summed E-state index contributed by atoms with van der Waals surface area (Å²) in [7, 11) is 0. The Balaban J connectivity index is 1.48. The molecule has 0 radical (unpaired) electrons. The summed E-state index contributed by atoms with van der Waals surface area (Å²) in [6.07, 6.45) is -0.651. The number of rotatable bonds is 4. The average molecular weight is 460 g/mol. The van der Waals surface area contributed by atoms with E-state index in [2.05, 4.69) is 21.2 Å². The van der Waals surface area contributed by atoms with Crippen LogP contribution in [0.3, 0.4) is 0 Å². The molecule has 0 aromatic heterocycles. The molecule has 1 saturated heterocycles. The Morgan fingerprint density at radius 2 is 1.90 bits per heavy atom. The number of fused-ring (bicyclic) bond motifs is 1. The van der Waals surface area contributed by atoms with Crippen LogP contribution in [0, 0.1) is 0 Å². The highest BCUT2D eigenvalue weighted by atomic mass is 79.9. The summed E-state index contributed by atoms with van der Waals surface area (Å²) in [6.45, 7) is 2.63. The maximum atomic E-state index is 12.9. The predicted octanol–water partition coefficient (Wildman–Crippen LogP) is 2.51. The summed E-state index contributed by atoms with van der Waals surface area (Å²) < 4.78 is 12.2. The van der Waals surface area contributed by atoms with Crippen LogP contribution in [0.2, 0.25) is 0 Å². The minimum atomic E-state index is -0.651. The van der Waals surface area contributed by atoms with Gasteiger partial charge in [-0.1, -0.05) is 34.1 Å². The van der Waals surface area contributed by atoms with Crippen LogP contribution in [-0.4, -0.2) is 62.2 Å². The van der Waals surface area contributed by atoms with E-state index in [1.165, 1.54) is 0 Å². The maximum absolute atomic E-state index is 12.9. The molecule has 0 saturated carbocycles. The number of nitrogens with one attached hydrogen (secondary N) is 1. The molecule has 0 spiro atoms. The first-order valence-electron chi connectivity index (χ1n) is 9.53. The largest absolute Gasteiger partial charge is 0.477 e. The number of carbonyl (C=O) groups excluding carboxylic acids is 2. The Hall–Kier alpha value is -2.58. The second-order valence-electron chi connectivity index (χ2n) is 6.95. The first-order chi connectivity index (χ1) is 14.1. The minimum absolute atomic E-state index is 0.0693. The van der Waals surface area contributed by atoms with Gasteiger partial charge in [-0.15, -0.1) is 0 Å². The predicted molar refractivity (Wildman–Crippen MR) is 113 cm³/mol. The van der Waals surface area contributed by atoms with Gasteiger partial charge in [-0.05, 0) is 30.3 Å². The lowest BCUT2D eigenvalue weighted by Crippen LogP contribution is -2.53. The van der Waals surface area contributed by atoms with Crippen LogP contribution in [0.25, 0.3) is 0 Å². The molecule has 1 unspecified atom stereocenters. The quantitative estimate of drug-likeness (QED) is 0.760. The van der Waals surface area contributed by atoms with Crippen LogP contribution in [-0.2, 0) is 14.3 Å². The summed E-state index contributed by atoms with van der Waals surface area (Å²) in [5, 5.41) is 2.90. The van der Waals surface area contributed by atoms with Crippen LogP contribution < -0.4 is 15.0 Å². The van der Waals surface area contributed by atoms with Crippen molar-refractivity contribution in [1.82, 2.24) is 4.90 Å². The summed E-state index contributed by atoms with van der Waals surface area (Å²) in [5.41, 5.74) is 1.52. The Kier molecular flexibility index (Phi) is 6.01. The number of amides is 2. The standard InChI is InChI=1S/C21H22BrN3O4/c22-15-4-3-5-16(12-15)23-20(26)14-25-13-19(21(27)24-8-10-28-11-9-24)29-18-7-2-1-6-17(18)25/h1-7,12,19H,8-11,13-14H2,(H,23,26). The highest BCUT2D eigenvalue weighted by molar-refractivity contribution is 9.10. The van der Waals surface area contributed by atoms with Gasteiger partial charge in [0.05, 0.1) is 32.0 Å². The molecule has 1 fully saturated rings. The van der Waals surface area contributed by atoms with Crippen molar-refractivity contribution < 1.29 is 19.1 Å². The number of morpholine rings is 1. The van der Waals surface area contributed by atoms with E-state index < -0.39 is 6.10 Å². The van der Waals surface area contributed by atoms with Gasteiger partial charge in [0.1, 0.15) is 5.75 Å². The number of ether oxygens (including phenoxy) is 2. The number of carbonyl (C=O) groups is 2. The Bertz CT molecular complexity index is 901. The smallest absolute Gasteiger partial charge is 0.265 e. The molecule has 7 nitrogen and oxygen atoms in total. The molecule has 2 aromatic rings. The Labute approximate surface area is 177 Å². The van der Waals surface area contributed by atoms with E-state index in [9.17, 15) is 9.59 Å². The van der Waals surface area contributed by atoms with Crippen LogP contribution in [0.15, 0.2) is 53.0 Å². The number of halogens is 1. The molecule has 2 heterocycles. The van der Waals surface area contributed by atoms with E-state index in [0.29, 0.717) is 44.3 Å². The molecule has 29 heavy (non-hydrogen) atoms. The first kappa shape index (κ1) is 19.7. The zero-order valence-corrected chi connectivity index (χ0v) is 17.4. The van der Waals surface area contributed by atoms with Crippen molar-refractivity contribution >= 4 is 39.1 Å². The normalized spacial score (nSPS) is 18.6. The Morgan fingerprint density at radius 1 is 1.10 bits per heavy atom. The van der Waals surface area contributed by atoms with Crippen molar-refractivity contribution in [3.63, 3.8) is 0 Å². The summed E-state index contributed by atoms with van der Waals surface area (Å²) >= 11 is 3.40. The monoisotopic (exact) mass is 459 g/mol. The van der Waals surface area contributed by atoms with Crippen LogP contribution in [0.4, 0.5) is 11.4 Å². The average Bonchev–Trinajstić information content (AvgIpc) is 2.73. The van der Waals surface area contributed by atoms with Crippen LogP contribution in [0.5, 0.6) is 5.75 Å². The molecule has 2 aliphatic rings. The number of anilines is 2. The third kappa shape index (κ3) is 4.71. The van der Waals surface area contributed by atoms with Gasteiger partial charge in [0.25, 0.3) is 5.91 Å². The number of hydrogen-bond acceptors (Lipinski definition) is 5. The number of hydrogen-bond donors (Lipinski definition) is 1. The van der Waals surface area contributed by atoms with Crippen molar-refractivity contribution in [2.75, 3.05) is 49.6 Å². The molecule has 4 rings (SSSR count). The van der Waals surface area contributed by atoms with Gasteiger partial charge in [0.15, 0.2) is 6.10 Å². The van der Waals surface area contributed by atoms with E-state index in [4.69, 9.17) is 9.47 Å². The lowest BCUT2D eigenvalue weighted by atomic mass is 10.1. The third-order valence-electron chi connectivity index (χ3n) is 4.90.